The van der Waals surface area contributed by atoms with E-state index in [-0.39, 0.29) is 33.8 Å². The average Bonchev–Trinajstić information content (AvgIpc) is 2.58. The number of carbonyl (C=O) groups is 1. The molecule has 0 atom stereocenters. The Kier molecular flexibility index (Phi) is 4.46. The van der Waals surface area contributed by atoms with Gasteiger partial charge in [0, 0.05) is 14.1 Å². The van der Waals surface area contributed by atoms with Gasteiger partial charge in [0.2, 0.25) is 11.1 Å². The summed E-state index contributed by atoms with van der Waals surface area (Å²) < 4.78 is 5.75. The fraction of sp³-hybridized carbons (Fsp3) is 0.263. The molecule has 0 bridgehead atoms. The van der Waals surface area contributed by atoms with Gasteiger partial charge in [-0.15, -0.1) is 0 Å². The predicted molar refractivity (Wildman–Crippen MR) is 101 cm³/mol. The van der Waals surface area contributed by atoms with E-state index in [1.807, 2.05) is 19.9 Å². The third-order valence-electron chi connectivity index (χ3n) is 3.97. The van der Waals surface area contributed by atoms with Crippen LogP contribution in [0.5, 0.6) is 0 Å². The molecule has 2 heterocycles. The second-order valence-electron chi connectivity index (χ2n) is 6.57. The lowest BCUT2D eigenvalue weighted by Crippen LogP contribution is -2.09. The molecule has 0 unspecified atom stereocenters. The van der Waals surface area contributed by atoms with Crippen LogP contribution in [-0.4, -0.2) is 41.4 Å². The van der Waals surface area contributed by atoms with Crippen LogP contribution < -0.4 is 5.43 Å². The molecular weight excluding hydrogens is 334 g/mol. The molecule has 134 valence electrons. The van der Waals surface area contributed by atoms with Crippen molar-refractivity contribution in [2.24, 2.45) is 4.99 Å². The van der Waals surface area contributed by atoms with Crippen LogP contribution in [0.15, 0.2) is 38.5 Å². The molecule has 0 aliphatic heterocycles. The molecule has 0 amide bonds. The highest BCUT2D eigenvalue weighted by Gasteiger charge is 2.17. The van der Waals surface area contributed by atoms with Crippen LogP contribution in [-0.2, 0) is 0 Å². The lowest BCUT2D eigenvalue weighted by atomic mass is 10.0. The van der Waals surface area contributed by atoms with Gasteiger partial charge in [0.25, 0.3) is 0 Å². The largest absolute Gasteiger partial charge is 0.478 e. The summed E-state index contributed by atoms with van der Waals surface area (Å²) in [5.41, 5.74) is 1.02. The third kappa shape index (κ3) is 3.15. The van der Waals surface area contributed by atoms with E-state index in [1.165, 1.54) is 12.4 Å². The molecular formula is C19H19N3O4. The first-order valence-electron chi connectivity index (χ1n) is 8.13. The van der Waals surface area contributed by atoms with Crippen LogP contribution in [0.3, 0.4) is 0 Å². The molecule has 7 nitrogen and oxygen atoms in total. The molecule has 3 rings (SSSR count). The number of hydrogen-bond donors (Lipinski definition) is 1. The standard InChI is InChI=1S/C19H19N3O4/c1-10(2)11-5-6-15-12(7-11)16(23)13-8-14(19(24)25)17(20-9-22(3)4)21-18(13)26-15/h5-10H,1-4H3,(H,24,25)/b20-9+. The lowest BCUT2D eigenvalue weighted by Gasteiger charge is -2.08. The summed E-state index contributed by atoms with van der Waals surface area (Å²) in [6, 6.07) is 6.70. The summed E-state index contributed by atoms with van der Waals surface area (Å²) >= 11 is 0. The number of aliphatic imine (C=N–C) groups is 1. The van der Waals surface area contributed by atoms with Crippen LogP contribution in [0.4, 0.5) is 5.82 Å². The van der Waals surface area contributed by atoms with Gasteiger partial charge in [0.1, 0.15) is 11.1 Å². The second-order valence-corrected chi connectivity index (χ2v) is 6.57. The fourth-order valence-corrected chi connectivity index (χ4v) is 2.58. The molecule has 0 saturated heterocycles. The minimum Gasteiger partial charge on any atom is -0.478 e. The number of benzene rings is 1. The Labute approximate surface area is 149 Å². The van der Waals surface area contributed by atoms with Crippen LogP contribution in [0, 0.1) is 0 Å². The summed E-state index contributed by atoms with van der Waals surface area (Å²) in [5.74, 6) is -0.967. The normalized spacial score (nSPS) is 11.7. The summed E-state index contributed by atoms with van der Waals surface area (Å²) in [4.78, 5) is 34.3. The number of aromatic nitrogens is 1. The summed E-state index contributed by atoms with van der Waals surface area (Å²) in [7, 11) is 3.51. The van der Waals surface area contributed by atoms with Gasteiger partial charge in [-0.2, -0.15) is 4.98 Å². The Hall–Kier alpha value is -3.22. The molecule has 0 spiro atoms. The number of rotatable bonds is 4. The molecule has 0 aliphatic rings. The zero-order valence-electron chi connectivity index (χ0n) is 15.0. The quantitative estimate of drug-likeness (QED) is 0.439. The predicted octanol–water partition coefficient (Wildman–Crippen LogP) is 3.38. The average molecular weight is 353 g/mol. The molecule has 3 aromatic rings. The molecule has 0 fully saturated rings. The van der Waals surface area contributed by atoms with Gasteiger partial charge in [-0.3, -0.25) is 4.79 Å². The Morgan fingerprint density at radius 2 is 2.00 bits per heavy atom. The van der Waals surface area contributed by atoms with E-state index in [2.05, 4.69) is 9.98 Å². The highest BCUT2D eigenvalue weighted by atomic mass is 16.4. The van der Waals surface area contributed by atoms with Gasteiger partial charge in [-0.25, -0.2) is 9.79 Å². The number of fused-ring (bicyclic) bond motifs is 2. The number of aromatic carboxylic acids is 1. The van der Waals surface area contributed by atoms with E-state index in [9.17, 15) is 14.7 Å². The van der Waals surface area contributed by atoms with Gasteiger partial charge >= 0.3 is 5.97 Å². The molecule has 26 heavy (non-hydrogen) atoms. The highest BCUT2D eigenvalue weighted by molar-refractivity contribution is 5.98. The molecule has 2 aromatic heterocycles. The maximum absolute atomic E-state index is 12.9. The van der Waals surface area contributed by atoms with Crippen molar-refractivity contribution in [1.82, 2.24) is 9.88 Å². The Morgan fingerprint density at radius 1 is 1.27 bits per heavy atom. The minimum absolute atomic E-state index is 0.0139. The van der Waals surface area contributed by atoms with Gasteiger partial charge < -0.3 is 14.4 Å². The maximum atomic E-state index is 12.9. The first-order valence-corrected chi connectivity index (χ1v) is 8.13. The topological polar surface area (TPSA) is 96.0 Å². The van der Waals surface area contributed by atoms with Crippen molar-refractivity contribution in [1.29, 1.82) is 0 Å². The molecule has 0 radical (unpaired) electrons. The van der Waals surface area contributed by atoms with Gasteiger partial charge in [0.05, 0.1) is 17.1 Å². The van der Waals surface area contributed by atoms with Crippen molar-refractivity contribution in [2.75, 3.05) is 14.1 Å². The van der Waals surface area contributed by atoms with Crippen molar-refractivity contribution >= 4 is 40.2 Å². The van der Waals surface area contributed by atoms with Crippen LogP contribution in [0.1, 0.15) is 35.7 Å². The monoisotopic (exact) mass is 353 g/mol. The number of nitrogens with zero attached hydrogens (tertiary/aromatic N) is 3. The molecule has 0 saturated carbocycles. The van der Waals surface area contributed by atoms with Crippen LogP contribution in [0.2, 0.25) is 0 Å². The maximum Gasteiger partial charge on any atom is 0.339 e. The Morgan fingerprint density at radius 3 is 2.62 bits per heavy atom. The lowest BCUT2D eigenvalue weighted by molar-refractivity contribution is 0.0697. The summed E-state index contributed by atoms with van der Waals surface area (Å²) in [5, 5.41) is 9.98. The highest BCUT2D eigenvalue weighted by Crippen LogP contribution is 2.26. The van der Waals surface area contributed by atoms with E-state index in [1.54, 1.807) is 31.1 Å². The molecule has 1 N–H and O–H groups in total. The first kappa shape index (κ1) is 17.6. The third-order valence-corrected chi connectivity index (χ3v) is 3.97. The first-order chi connectivity index (χ1) is 12.3. The number of pyridine rings is 1. The van der Waals surface area contributed by atoms with E-state index in [4.69, 9.17) is 4.42 Å². The SMILES string of the molecule is CC(C)c1ccc2oc3nc(/N=C/N(C)C)c(C(=O)O)cc3c(=O)c2c1. The molecule has 1 aromatic carbocycles. The van der Waals surface area contributed by atoms with Gasteiger partial charge in [-0.05, 0) is 29.7 Å². The summed E-state index contributed by atoms with van der Waals surface area (Å²) in [6.45, 7) is 4.06. The van der Waals surface area contributed by atoms with Gasteiger partial charge in [-0.1, -0.05) is 19.9 Å². The van der Waals surface area contributed by atoms with E-state index < -0.39 is 5.97 Å². The Bertz CT molecular complexity index is 1100. The summed E-state index contributed by atoms with van der Waals surface area (Å²) in [6.07, 6.45) is 1.44. The van der Waals surface area contributed by atoms with Crippen molar-refractivity contribution in [2.45, 2.75) is 19.8 Å². The van der Waals surface area contributed by atoms with E-state index in [0.29, 0.717) is 11.0 Å². The van der Waals surface area contributed by atoms with E-state index >= 15 is 0 Å². The smallest absolute Gasteiger partial charge is 0.339 e. The Balaban J connectivity index is 2.34. The van der Waals surface area contributed by atoms with Crippen LogP contribution >= 0.6 is 0 Å². The molecule has 7 heteroatoms. The number of carboxylic acid groups (broad SMARTS) is 1. The van der Waals surface area contributed by atoms with Crippen molar-refractivity contribution in [3.05, 3.63) is 45.6 Å². The van der Waals surface area contributed by atoms with Gasteiger partial charge in [0.15, 0.2) is 5.82 Å². The zero-order chi connectivity index (χ0) is 19.0. The number of carboxylic acids is 1. The zero-order valence-corrected chi connectivity index (χ0v) is 15.0. The van der Waals surface area contributed by atoms with Crippen molar-refractivity contribution in [3.63, 3.8) is 0 Å². The van der Waals surface area contributed by atoms with E-state index in [0.717, 1.165) is 5.56 Å². The minimum atomic E-state index is -1.21. The second kappa shape index (κ2) is 6.59. The fourth-order valence-electron chi connectivity index (χ4n) is 2.58. The van der Waals surface area contributed by atoms with Crippen LogP contribution in [0.25, 0.3) is 22.1 Å². The van der Waals surface area contributed by atoms with Crippen molar-refractivity contribution < 1.29 is 14.3 Å². The molecule has 0 aliphatic carbocycles. The number of hydrogen-bond acceptors (Lipinski definition) is 5. The van der Waals surface area contributed by atoms with Crippen molar-refractivity contribution in [3.8, 4) is 0 Å².